The van der Waals surface area contributed by atoms with Gasteiger partial charge >= 0.3 is 5.69 Å². The third-order valence-electron chi connectivity index (χ3n) is 6.06. The molecule has 2 aliphatic rings. The van der Waals surface area contributed by atoms with Gasteiger partial charge in [0.25, 0.3) is 5.56 Å². The Kier molecular flexibility index (Phi) is 3.06. The maximum atomic E-state index is 14.0. The summed E-state index contributed by atoms with van der Waals surface area (Å²) in [6.45, 7) is 0. The molecule has 0 fully saturated rings. The van der Waals surface area contributed by atoms with Gasteiger partial charge < -0.3 is 9.64 Å². The van der Waals surface area contributed by atoms with Gasteiger partial charge in [-0.2, -0.15) is 0 Å². The number of hydrogen-bond acceptors (Lipinski definition) is 4. The Bertz CT molecular complexity index is 1520. The lowest BCUT2D eigenvalue weighted by atomic mass is 9.68. The second kappa shape index (κ2) is 5.48. The summed E-state index contributed by atoms with van der Waals surface area (Å²) >= 11 is 0. The number of ether oxygens (including phenoxy) is 1. The Morgan fingerprint density at radius 3 is 2.50 bits per heavy atom. The van der Waals surface area contributed by atoms with Crippen LogP contribution in [0.1, 0.15) is 16.7 Å². The van der Waals surface area contributed by atoms with Crippen molar-refractivity contribution in [3.8, 4) is 11.6 Å². The summed E-state index contributed by atoms with van der Waals surface area (Å²) in [6.07, 6.45) is 0. The first-order valence-corrected chi connectivity index (χ1v) is 9.48. The fourth-order valence-electron chi connectivity index (χ4n) is 4.88. The Hall–Kier alpha value is -4.13. The Balaban J connectivity index is 1.90. The quantitative estimate of drug-likeness (QED) is 0.477. The lowest BCUT2D eigenvalue weighted by molar-refractivity contribution is -0.120. The molecule has 0 bridgehead atoms. The number of H-pyrrole nitrogens is 2. The van der Waals surface area contributed by atoms with Gasteiger partial charge in [-0.05, 0) is 22.9 Å². The molecule has 1 amide bonds. The number of nitrogens with zero attached hydrogens (tertiary/aromatic N) is 1. The largest absolute Gasteiger partial charge is 0.440 e. The third kappa shape index (κ3) is 1.82. The van der Waals surface area contributed by atoms with Gasteiger partial charge in [-0.15, -0.1) is 0 Å². The highest BCUT2D eigenvalue weighted by Crippen LogP contribution is 2.57. The van der Waals surface area contributed by atoms with E-state index in [2.05, 4.69) is 9.97 Å². The molecular formula is C23H15N3O4. The molecule has 30 heavy (non-hydrogen) atoms. The van der Waals surface area contributed by atoms with Crippen molar-refractivity contribution < 1.29 is 9.53 Å². The number of anilines is 1. The van der Waals surface area contributed by atoms with Gasteiger partial charge in [0, 0.05) is 23.9 Å². The van der Waals surface area contributed by atoms with Crippen LogP contribution in [0.15, 0.2) is 70.3 Å². The van der Waals surface area contributed by atoms with Crippen molar-refractivity contribution in [1.82, 2.24) is 9.97 Å². The highest BCUT2D eigenvalue weighted by Gasteiger charge is 2.59. The van der Waals surface area contributed by atoms with Crippen LogP contribution in [0.5, 0.6) is 11.6 Å². The van der Waals surface area contributed by atoms with Crippen LogP contribution in [0.25, 0.3) is 10.8 Å². The summed E-state index contributed by atoms with van der Waals surface area (Å²) in [7, 11) is 1.69. The van der Waals surface area contributed by atoms with Crippen LogP contribution >= 0.6 is 0 Å². The van der Waals surface area contributed by atoms with Crippen LogP contribution in [0, 0.1) is 0 Å². The van der Waals surface area contributed by atoms with Gasteiger partial charge in [0.15, 0.2) is 0 Å². The van der Waals surface area contributed by atoms with E-state index in [9.17, 15) is 14.4 Å². The van der Waals surface area contributed by atoms with Gasteiger partial charge in [0.1, 0.15) is 16.7 Å². The Morgan fingerprint density at radius 2 is 1.63 bits per heavy atom. The fourth-order valence-corrected chi connectivity index (χ4v) is 4.88. The molecule has 2 N–H and O–H groups in total. The Morgan fingerprint density at radius 1 is 0.867 bits per heavy atom. The summed E-state index contributed by atoms with van der Waals surface area (Å²) in [4.78, 5) is 45.5. The SMILES string of the molecule is CN1C(=O)C2(c3ccccc31)c1c([nH]c(=O)[nH]c1=O)Oc1ccc3ccccc3c12. The zero-order valence-electron chi connectivity index (χ0n) is 15.9. The van der Waals surface area contributed by atoms with Crippen LogP contribution in [-0.4, -0.2) is 22.9 Å². The molecule has 4 aromatic rings. The summed E-state index contributed by atoms with van der Waals surface area (Å²) in [6, 6.07) is 18.7. The van der Waals surface area contributed by atoms with Crippen molar-refractivity contribution in [3.05, 3.63) is 98.2 Å². The van der Waals surface area contributed by atoms with E-state index >= 15 is 0 Å². The number of benzene rings is 3. The van der Waals surface area contributed by atoms with Crippen molar-refractivity contribution in [2.75, 3.05) is 11.9 Å². The Labute approximate surface area is 169 Å². The van der Waals surface area contributed by atoms with Gasteiger partial charge in [0.2, 0.25) is 11.8 Å². The average molecular weight is 397 g/mol. The van der Waals surface area contributed by atoms with Gasteiger partial charge in [-0.1, -0.05) is 48.5 Å². The topological polar surface area (TPSA) is 95.3 Å². The van der Waals surface area contributed by atoms with E-state index in [1.807, 2.05) is 54.6 Å². The van der Waals surface area contributed by atoms with E-state index in [1.54, 1.807) is 18.0 Å². The zero-order valence-corrected chi connectivity index (χ0v) is 15.9. The van der Waals surface area contributed by atoms with Gasteiger partial charge in [-0.25, -0.2) is 4.79 Å². The number of likely N-dealkylation sites (N-methyl/N-ethyl adjacent to an activating group) is 1. The maximum Gasteiger partial charge on any atom is 0.328 e. The number of rotatable bonds is 0. The highest BCUT2D eigenvalue weighted by molar-refractivity contribution is 6.16. The lowest BCUT2D eigenvalue weighted by Crippen LogP contribution is -2.47. The number of nitrogens with one attached hydrogen (secondary N) is 2. The minimum atomic E-state index is -1.44. The predicted octanol–water partition coefficient (Wildman–Crippen LogP) is 2.63. The van der Waals surface area contributed by atoms with E-state index < -0.39 is 16.7 Å². The summed E-state index contributed by atoms with van der Waals surface area (Å²) in [5, 5.41) is 1.73. The molecule has 0 saturated heterocycles. The van der Waals surface area contributed by atoms with Crippen molar-refractivity contribution in [1.29, 1.82) is 0 Å². The van der Waals surface area contributed by atoms with Crippen molar-refractivity contribution in [3.63, 3.8) is 0 Å². The van der Waals surface area contributed by atoms with Crippen molar-refractivity contribution in [2.24, 2.45) is 0 Å². The molecule has 0 radical (unpaired) electrons. The fraction of sp³-hybridized carbons (Fsp3) is 0.0870. The molecule has 7 nitrogen and oxygen atoms in total. The number of carbonyl (C=O) groups excluding carboxylic acids is 1. The first-order valence-electron chi connectivity index (χ1n) is 9.48. The molecule has 0 aliphatic carbocycles. The highest BCUT2D eigenvalue weighted by atomic mass is 16.5. The van der Waals surface area contributed by atoms with Gasteiger partial charge in [0.05, 0.1) is 0 Å². The molecule has 6 rings (SSSR count). The van der Waals surface area contributed by atoms with Crippen LogP contribution in [0.2, 0.25) is 0 Å². The lowest BCUT2D eigenvalue weighted by Gasteiger charge is -2.35. The van der Waals surface area contributed by atoms with E-state index in [0.717, 1.165) is 10.8 Å². The van der Waals surface area contributed by atoms with Crippen molar-refractivity contribution >= 4 is 22.4 Å². The number of amides is 1. The molecule has 7 heteroatoms. The zero-order chi connectivity index (χ0) is 20.6. The summed E-state index contributed by atoms with van der Waals surface area (Å²) in [5.74, 6) is 0.147. The van der Waals surface area contributed by atoms with Crippen molar-refractivity contribution in [2.45, 2.75) is 5.41 Å². The van der Waals surface area contributed by atoms with E-state index in [0.29, 0.717) is 22.6 Å². The molecule has 1 spiro atoms. The number of para-hydroxylation sites is 1. The van der Waals surface area contributed by atoms with E-state index in [1.165, 1.54) is 0 Å². The normalized spacial score (nSPS) is 18.8. The summed E-state index contributed by atoms with van der Waals surface area (Å²) in [5.41, 5.74) is -0.694. The minimum Gasteiger partial charge on any atom is -0.440 e. The van der Waals surface area contributed by atoms with Crippen LogP contribution < -0.4 is 20.9 Å². The number of aromatic nitrogens is 2. The molecule has 2 aliphatic heterocycles. The molecule has 0 saturated carbocycles. The van der Waals surface area contributed by atoms with Crippen LogP contribution in [0.4, 0.5) is 5.69 Å². The van der Waals surface area contributed by atoms with E-state index in [4.69, 9.17) is 4.74 Å². The average Bonchev–Trinajstić information content (AvgIpc) is 2.96. The molecule has 3 aromatic carbocycles. The second-order valence-electron chi connectivity index (χ2n) is 7.51. The predicted molar refractivity (Wildman–Crippen MR) is 111 cm³/mol. The molecular weight excluding hydrogens is 382 g/mol. The second-order valence-corrected chi connectivity index (χ2v) is 7.51. The minimum absolute atomic E-state index is 0.00927. The van der Waals surface area contributed by atoms with Crippen LogP contribution in [0.3, 0.4) is 0 Å². The summed E-state index contributed by atoms with van der Waals surface area (Å²) < 4.78 is 5.99. The molecule has 1 unspecified atom stereocenters. The molecule has 146 valence electrons. The molecule has 1 atom stereocenters. The maximum absolute atomic E-state index is 14.0. The standard InChI is InChI=1S/C23H15N3O4/c1-26-15-9-5-4-8-14(15)23(21(26)28)17-13-7-3-2-6-12(13)10-11-16(17)30-20-18(23)19(27)24-22(29)25-20/h2-11H,1H3,(H2,24,25,27,29). The van der Waals surface area contributed by atoms with Crippen LogP contribution in [-0.2, 0) is 10.2 Å². The number of aromatic amines is 2. The number of carbonyl (C=O) groups is 1. The first kappa shape index (κ1) is 16.8. The monoisotopic (exact) mass is 397 g/mol. The first-order chi connectivity index (χ1) is 14.5. The smallest absolute Gasteiger partial charge is 0.328 e. The van der Waals surface area contributed by atoms with Gasteiger partial charge in [-0.3, -0.25) is 19.6 Å². The number of fused-ring (bicyclic) bond motifs is 8. The molecule has 1 aromatic heterocycles. The third-order valence-corrected chi connectivity index (χ3v) is 6.06. The van der Waals surface area contributed by atoms with E-state index in [-0.39, 0.29) is 17.4 Å². The number of hydrogen-bond donors (Lipinski definition) is 2. The molecule has 3 heterocycles.